The van der Waals surface area contributed by atoms with Gasteiger partial charge in [0.1, 0.15) is 5.75 Å². The second-order valence-electron chi connectivity index (χ2n) is 5.80. The highest BCUT2D eigenvalue weighted by Crippen LogP contribution is 2.18. The maximum absolute atomic E-state index is 12.3. The summed E-state index contributed by atoms with van der Waals surface area (Å²) in [6.07, 6.45) is 0.814. The van der Waals surface area contributed by atoms with Crippen LogP contribution in [0.4, 0.5) is 0 Å². The molecular formula is C17H24N2O3. The number of aryl methyl sites for hydroxylation is 2. The van der Waals surface area contributed by atoms with E-state index in [2.05, 4.69) is 0 Å². The van der Waals surface area contributed by atoms with E-state index < -0.39 is 0 Å². The number of rotatable bonds is 3. The molecular weight excluding hydrogens is 280 g/mol. The third-order valence-corrected chi connectivity index (χ3v) is 3.98. The number of benzene rings is 1. The van der Waals surface area contributed by atoms with Gasteiger partial charge in [-0.1, -0.05) is 17.7 Å². The van der Waals surface area contributed by atoms with E-state index in [0.717, 1.165) is 24.3 Å². The Hall–Kier alpha value is -2.04. The van der Waals surface area contributed by atoms with Crippen LogP contribution in [0.1, 0.15) is 24.5 Å². The largest absolute Gasteiger partial charge is 0.484 e. The van der Waals surface area contributed by atoms with Crippen LogP contribution in [0.25, 0.3) is 0 Å². The van der Waals surface area contributed by atoms with Crippen molar-refractivity contribution in [3.63, 3.8) is 0 Å². The summed E-state index contributed by atoms with van der Waals surface area (Å²) in [5, 5.41) is 0. The Morgan fingerprint density at radius 3 is 2.45 bits per heavy atom. The fourth-order valence-corrected chi connectivity index (χ4v) is 2.67. The number of hydrogen-bond acceptors (Lipinski definition) is 3. The molecule has 5 heteroatoms. The monoisotopic (exact) mass is 304 g/mol. The Morgan fingerprint density at radius 2 is 1.77 bits per heavy atom. The van der Waals surface area contributed by atoms with Gasteiger partial charge in [-0.05, 0) is 31.9 Å². The molecule has 1 aromatic rings. The van der Waals surface area contributed by atoms with Gasteiger partial charge in [0.25, 0.3) is 5.91 Å². The first-order valence-corrected chi connectivity index (χ1v) is 7.70. The molecule has 0 radical (unpaired) electrons. The summed E-state index contributed by atoms with van der Waals surface area (Å²) in [7, 11) is 0. The number of amides is 2. The lowest BCUT2D eigenvalue weighted by atomic mass is 10.1. The molecule has 120 valence electrons. The van der Waals surface area contributed by atoms with Gasteiger partial charge in [0.15, 0.2) is 6.61 Å². The highest BCUT2D eigenvalue weighted by atomic mass is 16.5. The Kier molecular flexibility index (Phi) is 5.41. The highest BCUT2D eigenvalue weighted by molar-refractivity contribution is 5.78. The van der Waals surface area contributed by atoms with Crippen LogP contribution < -0.4 is 4.74 Å². The van der Waals surface area contributed by atoms with Crippen LogP contribution in [0.3, 0.4) is 0 Å². The van der Waals surface area contributed by atoms with Gasteiger partial charge < -0.3 is 14.5 Å². The average Bonchev–Trinajstić information content (AvgIpc) is 2.72. The minimum Gasteiger partial charge on any atom is -0.484 e. The van der Waals surface area contributed by atoms with E-state index >= 15 is 0 Å². The number of ether oxygens (including phenoxy) is 1. The summed E-state index contributed by atoms with van der Waals surface area (Å²) in [6.45, 7) is 8.20. The summed E-state index contributed by atoms with van der Waals surface area (Å²) < 4.78 is 5.65. The van der Waals surface area contributed by atoms with E-state index in [-0.39, 0.29) is 18.4 Å². The van der Waals surface area contributed by atoms with Crippen molar-refractivity contribution in [1.29, 1.82) is 0 Å². The molecule has 1 fully saturated rings. The SMILES string of the molecule is CC(=O)N1CCCN(C(=O)COc2ccc(C)cc2C)CC1. The third-order valence-electron chi connectivity index (χ3n) is 3.98. The molecule has 5 nitrogen and oxygen atoms in total. The quantitative estimate of drug-likeness (QED) is 0.855. The lowest BCUT2D eigenvalue weighted by molar-refractivity contribution is -0.134. The van der Waals surface area contributed by atoms with Crippen molar-refractivity contribution in [3.05, 3.63) is 29.3 Å². The van der Waals surface area contributed by atoms with Gasteiger partial charge in [0.05, 0.1) is 0 Å². The van der Waals surface area contributed by atoms with E-state index in [1.165, 1.54) is 5.56 Å². The van der Waals surface area contributed by atoms with Gasteiger partial charge in [-0.2, -0.15) is 0 Å². The number of nitrogens with zero attached hydrogens (tertiary/aromatic N) is 2. The summed E-state index contributed by atoms with van der Waals surface area (Å²) in [6, 6.07) is 5.91. The summed E-state index contributed by atoms with van der Waals surface area (Å²) in [4.78, 5) is 27.3. The first-order valence-electron chi connectivity index (χ1n) is 7.70. The lowest BCUT2D eigenvalue weighted by Gasteiger charge is -2.21. The molecule has 0 unspecified atom stereocenters. The van der Waals surface area contributed by atoms with Crippen LogP contribution in [0.5, 0.6) is 5.75 Å². The third kappa shape index (κ3) is 4.23. The van der Waals surface area contributed by atoms with Gasteiger partial charge >= 0.3 is 0 Å². The first kappa shape index (κ1) is 16.3. The number of carbonyl (C=O) groups is 2. The van der Waals surface area contributed by atoms with Crippen molar-refractivity contribution in [3.8, 4) is 5.75 Å². The predicted molar refractivity (Wildman–Crippen MR) is 84.9 cm³/mol. The van der Waals surface area contributed by atoms with Gasteiger partial charge in [-0.15, -0.1) is 0 Å². The van der Waals surface area contributed by atoms with E-state index in [9.17, 15) is 9.59 Å². The Morgan fingerprint density at radius 1 is 1.09 bits per heavy atom. The molecule has 2 rings (SSSR count). The Labute approximate surface area is 131 Å². The van der Waals surface area contributed by atoms with Gasteiger partial charge in [0, 0.05) is 33.1 Å². The molecule has 1 aliphatic heterocycles. The Bertz CT molecular complexity index is 557. The van der Waals surface area contributed by atoms with Gasteiger partial charge in [-0.3, -0.25) is 9.59 Å². The van der Waals surface area contributed by atoms with Crippen molar-refractivity contribution in [2.45, 2.75) is 27.2 Å². The second kappa shape index (κ2) is 7.29. The molecule has 1 heterocycles. The van der Waals surface area contributed by atoms with Crippen molar-refractivity contribution in [2.24, 2.45) is 0 Å². The molecule has 0 N–H and O–H groups in total. The molecule has 1 aromatic carbocycles. The predicted octanol–water partition coefficient (Wildman–Crippen LogP) is 1.76. The average molecular weight is 304 g/mol. The molecule has 22 heavy (non-hydrogen) atoms. The van der Waals surface area contributed by atoms with Crippen LogP contribution >= 0.6 is 0 Å². The fraction of sp³-hybridized carbons (Fsp3) is 0.529. The zero-order valence-electron chi connectivity index (χ0n) is 13.6. The molecule has 0 aliphatic carbocycles. The number of carbonyl (C=O) groups excluding carboxylic acids is 2. The molecule has 0 spiro atoms. The zero-order valence-corrected chi connectivity index (χ0v) is 13.6. The normalized spacial score (nSPS) is 15.4. The standard InChI is InChI=1S/C17H24N2O3/c1-13-5-6-16(14(2)11-13)22-12-17(21)19-8-4-7-18(9-10-19)15(3)20/h5-6,11H,4,7-10,12H2,1-3H3. The number of hydrogen-bond donors (Lipinski definition) is 0. The molecule has 0 saturated carbocycles. The van der Waals surface area contributed by atoms with Gasteiger partial charge in [0.2, 0.25) is 5.91 Å². The first-order chi connectivity index (χ1) is 10.5. The summed E-state index contributed by atoms with van der Waals surface area (Å²) >= 11 is 0. The van der Waals surface area contributed by atoms with E-state index in [1.807, 2.05) is 32.0 Å². The van der Waals surface area contributed by atoms with Gasteiger partial charge in [-0.25, -0.2) is 0 Å². The van der Waals surface area contributed by atoms with Crippen molar-refractivity contribution >= 4 is 11.8 Å². The van der Waals surface area contributed by atoms with Crippen LogP contribution in [0.2, 0.25) is 0 Å². The van der Waals surface area contributed by atoms with Crippen LogP contribution in [-0.4, -0.2) is 54.4 Å². The van der Waals surface area contributed by atoms with Crippen LogP contribution in [-0.2, 0) is 9.59 Å². The fourth-order valence-electron chi connectivity index (χ4n) is 2.67. The minimum atomic E-state index is -0.0228. The maximum atomic E-state index is 12.3. The van der Waals surface area contributed by atoms with Crippen molar-refractivity contribution in [1.82, 2.24) is 9.80 Å². The zero-order chi connectivity index (χ0) is 16.1. The summed E-state index contributed by atoms with van der Waals surface area (Å²) in [5.74, 6) is 0.797. The molecule has 1 saturated heterocycles. The topological polar surface area (TPSA) is 49.9 Å². The molecule has 0 aromatic heterocycles. The van der Waals surface area contributed by atoms with Crippen molar-refractivity contribution < 1.29 is 14.3 Å². The Balaban J connectivity index is 1.88. The van der Waals surface area contributed by atoms with Crippen LogP contribution in [0, 0.1) is 13.8 Å². The molecule has 0 atom stereocenters. The van der Waals surface area contributed by atoms with E-state index in [4.69, 9.17) is 4.74 Å². The minimum absolute atomic E-state index is 0.0228. The van der Waals surface area contributed by atoms with Crippen molar-refractivity contribution in [2.75, 3.05) is 32.8 Å². The maximum Gasteiger partial charge on any atom is 0.260 e. The smallest absolute Gasteiger partial charge is 0.260 e. The summed E-state index contributed by atoms with van der Waals surface area (Å²) in [5.41, 5.74) is 2.21. The van der Waals surface area contributed by atoms with Crippen LogP contribution in [0.15, 0.2) is 18.2 Å². The second-order valence-corrected chi connectivity index (χ2v) is 5.80. The molecule has 2 amide bonds. The van der Waals surface area contributed by atoms with E-state index in [1.54, 1.807) is 16.7 Å². The molecule has 0 bridgehead atoms. The lowest BCUT2D eigenvalue weighted by Crippen LogP contribution is -2.38. The van der Waals surface area contributed by atoms with E-state index in [0.29, 0.717) is 19.6 Å². The highest BCUT2D eigenvalue weighted by Gasteiger charge is 2.20. The molecule has 1 aliphatic rings.